The minimum absolute atomic E-state index is 0.229. The standard InChI is InChI=1S/C20H29N3O2S.C2H6/c1-7-16(19(24)8-2)11-17(10-15(6)25-9-3)21-12-18-13-26-20(23-18)22-14(4)5;1-2/h7-8,10-14,16,24H,1,9H2,2-6H3,(H,22,23);1-2H3/b15-10+,17-11?,19-8+,21-12?;. The van der Waals surface area contributed by atoms with Gasteiger partial charge in [0.15, 0.2) is 5.13 Å². The number of nitrogens with zero attached hydrogens (tertiary/aromatic N) is 2. The zero-order valence-corrected chi connectivity index (χ0v) is 19.0. The Kier molecular flexibility index (Phi) is 13.5. The Balaban J connectivity index is 0.00000352. The largest absolute Gasteiger partial charge is 0.512 e. The predicted octanol–water partition coefficient (Wildman–Crippen LogP) is 6.50. The molecule has 1 heterocycles. The summed E-state index contributed by atoms with van der Waals surface area (Å²) in [4.78, 5) is 9.01. The van der Waals surface area contributed by atoms with Gasteiger partial charge < -0.3 is 15.2 Å². The Hall–Kier alpha value is -2.34. The second kappa shape index (κ2) is 14.7. The van der Waals surface area contributed by atoms with Gasteiger partial charge in [-0.1, -0.05) is 19.9 Å². The number of aliphatic hydroxyl groups excluding tert-OH is 1. The third-order valence-electron chi connectivity index (χ3n) is 3.24. The van der Waals surface area contributed by atoms with E-state index < -0.39 is 0 Å². The average molecular weight is 406 g/mol. The Labute approximate surface area is 174 Å². The fourth-order valence-electron chi connectivity index (χ4n) is 2.06. The Morgan fingerprint density at radius 2 is 2.11 bits per heavy atom. The molecule has 5 nitrogen and oxygen atoms in total. The summed E-state index contributed by atoms with van der Waals surface area (Å²) >= 11 is 1.54. The number of aliphatic imine (C=N–C) groups is 1. The summed E-state index contributed by atoms with van der Waals surface area (Å²) in [5, 5.41) is 16.1. The van der Waals surface area contributed by atoms with Gasteiger partial charge in [-0.2, -0.15) is 0 Å². The van der Waals surface area contributed by atoms with E-state index in [1.165, 1.54) is 0 Å². The molecular weight excluding hydrogens is 370 g/mol. The number of hydrogen-bond acceptors (Lipinski definition) is 6. The first-order valence-corrected chi connectivity index (χ1v) is 10.5. The van der Waals surface area contributed by atoms with E-state index in [0.717, 1.165) is 16.6 Å². The minimum Gasteiger partial charge on any atom is -0.512 e. The normalized spacial score (nSPS) is 13.9. The zero-order chi connectivity index (χ0) is 21.5. The molecule has 0 bridgehead atoms. The fourth-order valence-corrected chi connectivity index (χ4v) is 2.86. The molecule has 0 amide bonds. The molecule has 0 spiro atoms. The highest BCUT2D eigenvalue weighted by molar-refractivity contribution is 7.13. The van der Waals surface area contributed by atoms with Crippen LogP contribution in [0.25, 0.3) is 0 Å². The van der Waals surface area contributed by atoms with Crippen molar-refractivity contribution in [3.63, 3.8) is 0 Å². The van der Waals surface area contributed by atoms with Gasteiger partial charge in [0.1, 0.15) is 0 Å². The smallest absolute Gasteiger partial charge is 0.183 e. The van der Waals surface area contributed by atoms with Crippen molar-refractivity contribution in [2.24, 2.45) is 10.9 Å². The predicted molar refractivity (Wildman–Crippen MR) is 123 cm³/mol. The number of ether oxygens (including phenoxy) is 1. The Morgan fingerprint density at radius 1 is 1.43 bits per heavy atom. The summed E-state index contributed by atoms with van der Waals surface area (Å²) < 4.78 is 5.49. The van der Waals surface area contributed by atoms with Gasteiger partial charge in [0.25, 0.3) is 0 Å². The number of rotatable bonds is 10. The molecule has 0 aliphatic rings. The van der Waals surface area contributed by atoms with E-state index in [1.54, 1.807) is 36.6 Å². The Bertz CT molecular complexity index is 700. The second-order valence-corrected chi connectivity index (χ2v) is 6.75. The molecular formula is C22H35N3O2S. The van der Waals surface area contributed by atoms with Crippen molar-refractivity contribution < 1.29 is 9.84 Å². The molecule has 0 fully saturated rings. The summed E-state index contributed by atoms with van der Waals surface area (Å²) in [5.41, 5.74) is 1.44. The molecule has 1 aromatic heterocycles. The van der Waals surface area contributed by atoms with Gasteiger partial charge in [-0.25, -0.2) is 4.98 Å². The van der Waals surface area contributed by atoms with Crippen molar-refractivity contribution >= 4 is 22.7 Å². The highest BCUT2D eigenvalue weighted by Gasteiger charge is 2.07. The fraction of sp³-hybridized carbons (Fsp3) is 0.455. The molecule has 6 heteroatoms. The summed E-state index contributed by atoms with van der Waals surface area (Å²) in [7, 11) is 0. The molecule has 1 rings (SSSR count). The monoisotopic (exact) mass is 405 g/mol. The van der Waals surface area contributed by atoms with E-state index >= 15 is 0 Å². The average Bonchev–Trinajstić information content (AvgIpc) is 3.11. The van der Waals surface area contributed by atoms with Crippen molar-refractivity contribution in [2.75, 3.05) is 11.9 Å². The molecule has 1 unspecified atom stereocenters. The van der Waals surface area contributed by atoms with Crippen molar-refractivity contribution in [1.29, 1.82) is 0 Å². The van der Waals surface area contributed by atoms with E-state index in [0.29, 0.717) is 18.3 Å². The molecule has 0 aromatic carbocycles. The van der Waals surface area contributed by atoms with E-state index in [2.05, 4.69) is 35.7 Å². The molecule has 0 saturated heterocycles. The van der Waals surface area contributed by atoms with E-state index in [9.17, 15) is 5.11 Å². The van der Waals surface area contributed by atoms with Crippen LogP contribution >= 0.6 is 11.3 Å². The SMILES string of the molecule is C=CC(C=C(/C=C(\C)OCC)N=Cc1csc(NC(C)C)n1)/C(O)=C\C.CC. The van der Waals surface area contributed by atoms with Crippen LogP contribution in [0.1, 0.15) is 54.2 Å². The highest BCUT2D eigenvalue weighted by Crippen LogP contribution is 2.18. The van der Waals surface area contributed by atoms with Crippen LogP contribution in [0.5, 0.6) is 0 Å². The van der Waals surface area contributed by atoms with Crippen LogP contribution in [0.3, 0.4) is 0 Å². The first kappa shape index (κ1) is 25.7. The second-order valence-electron chi connectivity index (χ2n) is 5.89. The number of anilines is 1. The lowest BCUT2D eigenvalue weighted by Crippen LogP contribution is -2.09. The van der Waals surface area contributed by atoms with Gasteiger partial charge in [0.2, 0.25) is 0 Å². The lowest BCUT2D eigenvalue weighted by molar-refractivity contribution is 0.231. The maximum absolute atomic E-state index is 10.00. The van der Waals surface area contributed by atoms with E-state index in [1.807, 2.05) is 45.2 Å². The number of aromatic nitrogens is 1. The van der Waals surface area contributed by atoms with E-state index in [4.69, 9.17) is 4.74 Å². The number of hydrogen-bond donors (Lipinski definition) is 2. The first-order chi connectivity index (χ1) is 13.4. The first-order valence-electron chi connectivity index (χ1n) is 9.66. The van der Waals surface area contributed by atoms with Gasteiger partial charge in [0.05, 0.1) is 41.6 Å². The summed E-state index contributed by atoms with van der Waals surface area (Å²) in [6.45, 7) is 18.1. The van der Waals surface area contributed by atoms with Gasteiger partial charge in [-0.15, -0.1) is 17.9 Å². The summed E-state index contributed by atoms with van der Waals surface area (Å²) in [5.74, 6) is 0.665. The molecule has 0 saturated carbocycles. The van der Waals surface area contributed by atoms with Crippen LogP contribution in [0, 0.1) is 5.92 Å². The van der Waals surface area contributed by atoms with Gasteiger partial charge >= 0.3 is 0 Å². The third-order valence-corrected chi connectivity index (χ3v) is 4.04. The number of nitrogens with one attached hydrogen (secondary N) is 1. The third kappa shape index (κ3) is 10.1. The van der Waals surface area contributed by atoms with Gasteiger partial charge in [-0.3, -0.25) is 4.99 Å². The molecule has 0 aliphatic heterocycles. The minimum atomic E-state index is -0.313. The van der Waals surface area contributed by atoms with Crippen molar-refractivity contribution in [3.05, 3.63) is 59.2 Å². The number of allylic oxidation sites excluding steroid dienone is 4. The van der Waals surface area contributed by atoms with Gasteiger partial charge in [0, 0.05) is 17.5 Å². The summed E-state index contributed by atoms with van der Waals surface area (Å²) in [6.07, 6.45) is 8.69. The van der Waals surface area contributed by atoms with Crippen molar-refractivity contribution in [2.45, 2.75) is 54.5 Å². The van der Waals surface area contributed by atoms with Crippen LogP contribution in [-0.4, -0.2) is 29.0 Å². The van der Waals surface area contributed by atoms with Crippen LogP contribution in [0.2, 0.25) is 0 Å². The van der Waals surface area contributed by atoms with Crippen LogP contribution in [0.4, 0.5) is 5.13 Å². The number of aliphatic hydroxyl groups is 1. The summed E-state index contributed by atoms with van der Waals surface area (Å²) in [6, 6.07) is 0.329. The lowest BCUT2D eigenvalue weighted by atomic mass is 10.1. The van der Waals surface area contributed by atoms with E-state index in [-0.39, 0.29) is 11.7 Å². The van der Waals surface area contributed by atoms with Crippen LogP contribution in [0.15, 0.2) is 58.5 Å². The maximum Gasteiger partial charge on any atom is 0.183 e. The quantitative estimate of drug-likeness (QED) is 0.202. The van der Waals surface area contributed by atoms with Gasteiger partial charge in [-0.05, 0) is 46.8 Å². The molecule has 0 radical (unpaired) electrons. The molecule has 1 atom stereocenters. The molecule has 0 aliphatic carbocycles. The van der Waals surface area contributed by atoms with Crippen LogP contribution < -0.4 is 5.32 Å². The van der Waals surface area contributed by atoms with Crippen LogP contribution in [-0.2, 0) is 4.74 Å². The number of thiazole rings is 1. The molecule has 156 valence electrons. The highest BCUT2D eigenvalue weighted by atomic mass is 32.1. The lowest BCUT2D eigenvalue weighted by Gasteiger charge is -2.08. The zero-order valence-electron chi connectivity index (χ0n) is 18.2. The van der Waals surface area contributed by atoms with Crippen molar-refractivity contribution in [1.82, 2.24) is 4.98 Å². The topological polar surface area (TPSA) is 66.7 Å². The molecule has 28 heavy (non-hydrogen) atoms. The molecule has 2 N–H and O–H groups in total. The molecule has 1 aromatic rings. The maximum atomic E-state index is 10.00. The van der Waals surface area contributed by atoms with Crippen molar-refractivity contribution in [3.8, 4) is 0 Å². The Morgan fingerprint density at radius 3 is 2.64 bits per heavy atom.